The minimum absolute atomic E-state index is 0.251. The first-order chi connectivity index (χ1) is 14.5. The molecule has 0 spiro atoms. The van der Waals surface area contributed by atoms with Crippen molar-refractivity contribution in [3.05, 3.63) is 28.6 Å². The van der Waals surface area contributed by atoms with Gasteiger partial charge in [0.05, 0.1) is 29.6 Å². The molecule has 0 radical (unpaired) electrons. The third-order valence-electron chi connectivity index (χ3n) is 4.89. The Morgan fingerprint density at radius 1 is 1.33 bits per heavy atom. The molecule has 3 rings (SSSR count). The fourth-order valence-electron chi connectivity index (χ4n) is 3.34. The summed E-state index contributed by atoms with van der Waals surface area (Å²) in [5.41, 5.74) is 2.25. The third kappa shape index (κ3) is 4.65. The van der Waals surface area contributed by atoms with E-state index >= 15 is 0 Å². The van der Waals surface area contributed by atoms with Gasteiger partial charge in [0.2, 0.25) is 0 Å². The number of methoxy groups -OCH3 is 1. The van der Waals surface area contributed by atoms with E-state index in [1.54, 1.807) is 25.4 Å². The first-order valence-corrected chi connectivity index (χ1v) is 11.1. The van der Waals surface area contributed by atoms with Crippen LogP contribution < -0.4 is 9.64 Å². The molecule has 1 aliphatic heterocycles. The van der Waals surface area contributed by atoms with E-state index in [9.17, 15) is 9.59 Å². The van der Waals surface area contributed by atoms with Crippen LogP contribution >= 0.6 is 11.3 Å². The van der Waals surface area contributed by atoms with Crippen molar-refractivity contribution in [2.75, 3.05) is 25.2 Å². The Kier molecular flexibility index (Phi) is 7.44. The molecule has 0 saturated heterocycles. The van der Waals surface area contributed by atoms with Crippen molar-refractivity contribution in [3.63, 3.8) is 0 Å². The number of ether oxygens (including phenoxy) is 3. The van der Waals surface area contributed by atoms with Crippen molar-refractivity contribution >= 4 is 28.9 Å². The molecule has 7 nitrogen and oxygen atoms in total. The molecule has 0 bridgehead atoms. The van der Waals surface area contributed by atoms with Crippen LogP contribution in [-0.4, -0.2) is 49.3 Å². The maximum atomic E-state index is 13.0. The quantitative estimate of drug-likeness (QED) is 0.560. The van der Waals surface area contributed by atoms with Gasteiger partial charge in [-0.3, -0.25) is 9.69 Å². The zero-order valence-corrected chi connectivity index (χ0v) is 18.7. The van der Waals surface area contributed by atoms with Crippen molar-refractivity contribution in [2.24, 2.45) is 0 Å². The second-order valence-electron chi connectivity index (χ2n) is 7.11. The molecule has 1 amide bonds. The normalized spacial score (nSPS) is 16.7. The molecular formula is C22H28N2O5S. The summed E-state index contributed by atoms with van der Waals surface area (Å²) in [7, 11) is 1.67. The van der Waals surface area contributed by atoms with Crippen LogP contribution in [0.25, 0.3) is 11.3 Å². The number of benzene rings is 1. The number of carbonyl (C=O) groups excluding carboxylic acids is 2. The highest BCUT2D eigenvalue weighted by Gasteiger charge is 2.39. The standard InChI is InChI=1S/C22H28N2O5S/c1-5-10-28-22(26)17(6-2)24-18-12-15(7-8-19(18)29-14(3)21(24)25)16-13-30-20(23-16)9-11-27-4/h7-8,12-14,17H,5-6,9-11H2,1-4H3. The Hall–Kier alpha value is -2.45. The molecule has 0 fully saturated rings. The van der Waals surface area contributed by atoms with E-state index in [0.717, 1.165) is 29.1 Å². The molecule has 0 N–H and O–H groups in total. The van der Waals surface area contributed by atoms with E-state index in [-0.39, 0.29) is 5.91 Å². The van der Waals surface area contributed by atoms with Gasteiger partial charge in [-0.15, -0.1) is 11.3 Å². The molecule has 1 aromatic heterocycles. The van der Waals surface area contributed by atoms with Gasteiger partial charge in [-0.2, -0.15) is 0 Å². The largest absolute Gasteiger partial charge is 0.479 e. The van der Waals surface area contributed by atoms with Crippen molar-refractivity contribution in [3.8, 4) is 17.0 Å². The fourth-order valence-corrected chi connectivity index (χ4v) is 4.13. The monoisotopic (exact) mass is 432 g/mol. The molecule has 8 heteroatoms. The van der Waals surface area contributed by atoms with Gasteiger partial charge in [0.15, 0.2) is 6.10 Å². The molecule has 1 aliphatic rings. The lowest BCUT2D eigenvalue weighted by Crippen LogP contribution is -2.53. The summed E-state index contributed by atoms with van der Waals surface area (Å²) in [6, 6.07) is 4.92. The Morgan fingerprint density at radius 3 is 2.83 bits per heavy atom. The van der Waals surface area contributed by atoms with E-state index in [0.29, 0.717) is 31.1 Å². The number of amides is 1. The minimum atomic E-state index is -0.697. The number of hydrogen-bond donors (Lipinski definition) is 0. The lowest BCUT2D eigenvalue weighted by atomic mass is 10.0. The highest BCUT2D eigenvalue weighted by Crippen LogP contribution is 2.39. The lowest BCUT2D eigenvalue weighted by Gasteiger charge is -2.37. The molecule has 2 aromatic rings. The van der Waals surface area contributed by atoms with Crippen LogP contribution in [0.2, 0.25) is 0 Å². The topological polar surface area (TPSA) is 78.0 Å². The summed E-state index contributed by atoms with van der Waals surface area (Å²) in [6.45, 7) is 6.45. The van der Waals surface area contributed by atoms with E-state index in [4.69, 9.17) is 14.2 Å². The highest BCUT2D eigenvalue weighted by molar-refractivity contribution is 7.09. The molecule has 2 unspecified atom stereocenters. The Labute approximate surface area is 181 Å². The predicted octanol–water partition coefficient (Wildman–Crippen LogP) is 3.84. The first kappa shape index (κ1) is 22.2. The number of nitrogens with zero attached hydrogens (tertiary/aromatic N) is 2. The van der Waals surface area contributed by atoms with E-state index in [1.807, 2.05) is 37.4 Å². The number of aromatic nitrogens is 1. The number of thiazole rings is 1. The van der Waals surface area contributed by atoms with Crippen LogP contribution in [0.4, 0.5) is 5.69 Å². The third-order valence-corrected chi connectivity index (χ3v) is 5.80. The van der Waals surface area contributed by atoms with E-state index < -0.39 is 18.1 Å². The van der Waals surface area contributed by atoms with E-state index in [2.05, 4.69) is 4.98 Å². The number of hydrogen-bond acceptors (Lipinski definition) is 7. The fraction of sp³-hybridized carbons (Fsp3) is 0.500. The lowest BCUT2D eigenvalue weighted by molar-refractivity contribution is -0.147. The second kappa shape index (κ2) is 10.0. The van der Waals surface area contributed by atoms with Crippen molar-refractivity contribution in [2.45, 2.75) is 52.2 Å². The van der Waals surface area contributed by atoms with Crippen molar-refractivity contribution < 1.29 is 23.8 Å². The molecule has 162 valence electrons. The van der Waals surface area contributed by atoms with Crippen molar-refractivity contribution in [1.82, 2.24) is 4.98 Å². The summed E-state index contributed by atoms with van der Waals surface area (Å²) in [5.74, 6) is -0.0740. The maximum Gasteiger partial charge on any atom is 0.329 e. The molecule has 0 saturated carbocycles. The molecule has 1 aromatic carbocycles. The summed E-state index contributed by atoms with van der Waals surface area (Å²) < 4.78 is 16.3. The van der Waals surface area contributed by atoms with Crippen LogP contribution in [-0.2, 0) is 25.5 Å². The van der Waals surface area contributed by atoms with Gasteiger partial charge >= 0.3 is 5.97 Å². The van der Waals surface area contributed by atoms with Gasteiger partial charge in [0, 0.05) is 24.5 Å². The Morgan fingerprint density at radius 2 is 2.13 bits per heavy atom. The molecule has 2 atom stereocenters. The Balaban J connectivity index is 1.96. The number of esters is 1. The van der Waals surface area contributed by atoms with Crippen LogP contribution in [0.1, 0.15) is 38.6 Å². The summed E-state index contributed by atoms with van der Waals surface area (Å²) in [6.07, 6.45) is 1.25. The Bertz CT molecular complexity index is 897. The van der Waals surface area contributed by atoms with Crippen molar-refractivity contribution in [1.29, 1.82) is 0 Å². The van der Waals surface area contributed by atoms with Crippen LogP contribution in [0.15, 0.2) is 23.6 Å². The SMILES string of the molecule is CCCOC(=O)C(CC)N1C(=O)C(C)Oc2ccc(-c3csc(CCOC)n3)cc21. The number of carbonyl (C=O) groups is 2. The average Bonchev–Trinajstić information content (AvgIpc) is 3.22. The van der Waals surface area contributed by atoms with Crippen LogP contribution in [0.3, 0.4) is 0 Å². The van der Waals surface area contributed by atoms with Gasteiger partial charge in [-0.25, -0.2) is 9.78 Å². The molecule has 0 aliphatic carbocycles. The average molecular weight is 433 g/mol. The zero-order valence-electron chi connectivity index (χ0n) is 17.8. The maximum absolute atomic E-state index is 13.0. The van der Waals surface area contributed by atoms with Gasteiger partial charge in [0.25, 0.3) is 5.91 Å². The number of rotatable bonds is 9. The number of fused-ring (bicyclic) bond motifs is 1. The van der Waals surface area contributed by atoms with Gasteiger partial charge in [0.1, 0.15) is 11.8 Å². The van der Waals surface area contributed by atoms with Crippen LogP contribution in [0, 0.1) is 0 Å². The first-order valence-electron chi connectivity index (χ1n) is 10.2. The zero-order chi connectivity index (χ0) is 21.7. The van der Waals surface area contributed by atoms with E-state index in [1.165, 1.54) is 4.90 Å². The molecule has 30 heavy (non-hydrogen) atoms. The summed E-state index contributed by atoms with van der Waals surface area (Å²) >= 11 is 1.57. The summed E-state index contributed by atoms with van der Waals surface area (Å²) in [5, 5.41) is 2.97. The molecular weight excluding hydrogens is 404 g/mol. The molecule has 2 heterocycles. The van der Waals surface area contributed by atoms with Crippen LogP contribution in [0.5, 0.6) is 5.75 Å². The second-order valence-corrected chi connectivity index (χ2v) is 8.05. The minimum Gasteiger partial charge on any atom is -0.479 e. The predicted molar refractivity (Wildman–Crippen MR) is 116 cm³/mol. The smallest absolute Gasteiger partial charge is 0.329 e. The van der Waals surface area contributed by atoms with Gasteiger partial charge in [-0.05, 0) is 38.0 Å². The van der Waals surface area contributed by atoms with Gasteiger partial charge in [-0.1, -0.05) is 13.8 Å². The highest BCUT2D eigenvalue weighted by atomic mass is 32.1. The summed E-state index contributed by atoms with van der Waals surface area (Å²) in [4.78, 5) is 31.9. The number of anilines is 1. The van der Waals surface area contributed by atoms with Gasteiger partial charge < -0.3 is 14.2 Å².